The van der Waals surface area contributed by atoms with Gasteiger partial charge in [-0.2, -0.15) is 0 Å². The number of para-hydroxylation sites is 2. The Morgan fingerprint density at radius 3 is 2.56 bits per heavy atom. The van der Waals surface area contributed by atoms with E-state index in [4.69, 9.17) is 10.7 Å². The van der Waals surface area contributed by atoms with Crippen LogP contribution >= 0.6 is 0 Å². The standard InChI is InChI=1S/C25H24N6O/c1-15-6-5-7-16(2)21(15)25(32)31-12-10-17(11-13-31)20-14-27-23(26)22(28-20)24-29-18-8-3-4-9-19(18)30-24/h3-10,14H,11-13H2,1-2H3,(H2,26,27)(H,29,30). The molecule has 0 saturated heterocycles. The first kappa shape index (κ1) is 19.9. The number of nitrogens with two attached hydrogens (primary N) is 1. The van der Waals surface area contributed by atoms with Crippen LogP contribution in [0.4, 0.5) is 5.82 Å². The lowest BCUT2D eigenvalue weighted by Crippen LogP contribution is -2.35. The fourth-order valence-electron chi connectivity index (χ4n) is 4.19. The predicted octanol–water partition coefficient (Wildman–Crippen LogP) is 4.15. The number of H-pyrrole nitrogens is 1. The van der Waals surface area contributed by atoms with Crippen LogP contribution in [0.2, 0.25) is 0 Å². The van der Waals surface area contributed by atoms with Crippen molar-refractivity contribution >= 4 is 28.3 Å². The zero-order valence-corrected chi connectivity index (χ0v) is 18.1. The fourth-order valence-corrected chi connectivity index (χ4v) is 4.19. The van der Waals surface area contributed by atoms with Crippen molar-refractivity contribution in [2.75, 3.05) is 18.8 Å². The van der Waals surface area contributed by atoms with Crippen LogP contribution in [0.5, 0.6) is 0 Å². The molecule has 3 heterocycles. The molecule has 1 aliphatic heterocycles. The smallest absolute Gasteiger partial charge is 0.254 e. The molecule has 0 radical (unpaired) electrons. The Morgan fingerprint density at radius 2 is 1.84 bits per heavy atom. The lowest BCUT2D eigenvalue weighted by atomic mass is 9.99. The monoisotopic (exact) mass is 424 g/mol. The van der Waals surface area contributed by atoms with E-state index in [1.807, 2.05) is 61.2 Å². The van der Waals surface area contributed by atoms with E-state index in [0.717, 1.165) is 39.0 Å². The molecule has 3 N–H and O–H groups in total. The molecule has 0 fully saturated rings. The molecule has 0 atom stereocenters. The number of fused-ring (bicyclic) bond motifs is 1. The molecule has 4 aromatic rings. The summed E-state index contributed by atoms with van der Waals surface area (Å²) >= 11 is 0. The number of benzene rings is 2. The van der Waals surface area contributed by atoms with Crippen molar-refractivity contribution in [1.82, 2.24) is 24.8 Å². The number of aromatic nitrogens is 4. The number of amides is 1. The number of carbonyl (C=O) groups is 1. The average molecular weight is 425 g/mol. The highest BCUT2D eigenvalue weighted by molar-refractivity contribution is 5.97. The van der Waals surface area contributed by atoms with Crippen molar-refractivity contribution in [3.05, 3.63) is 77.1 Å². The van der Waals surface area contributed by atoms with Gasteiger partial charge >= 0.3 is 0 Å². The number of imidazole rings is 1. The van der Waals surface area contributed by atoms with Gasteiger partial charge in [-0.05, 0) is 49.1 Å². The average Bonchev–Trinajstić information content (AvgIpc) is 3.23. The van der Waals surface area contributed by atoms with E-state index in [1.54, 1.807) is 6.20 Å². The van der Waals surface area contributed by atoms with Gasteiger partial charge in [0, 0.05) is 18.7 Å². The molecule has 160 valence electrons. The summed E-state index contributed by atoms with van der Waals surface area (Å²) in [6.45, 7) is 5.13. The molecule has 32 heavy (non-hydrogen) atoms. The summed E-state index contributed by atoms with van der Waals surface area (Å²) in [4.78, 5) is 32.0. The summed E-state index contributed by atoms with van der Waals surface area (Å²) in [5, 5.41) is 0. The number of hydrogen-bond acceptors (Lipinski definition) is 5. The SMILES string of the molecule is Cc1cccc(C)c1C(=O)N1CC=C(c2cnc(N)c(-c3nc4ccccc4[nH]3)n2)CC1. The van der Waals surface area contributed by atoms with Crippen LogP contribution in [0.3, 0.4) is 0 Å². The summed E-state index contributed by atoms with van der Waals surface area (Å²) < 4.78 is 0. The van der Waals surface area contributed by atoms with E-state index >= 15 is 0 Å². The van der Waals surface area contributed by atoms with Crippen LogP contribution in [0.25, 0.3) is 28.1 Å². The van der Waals surface area contributed by atoms with Gasteiger partial charge in [0.05, 0.1) is 22.9 Å². The minimum Gasteiger partial charge on any atom is -0.382 e. The van der Waals surface area contributed by atoms with Gasteiger partial charge in [-0.15, -0.1) is 0 Å². The highest BCUT2D eigenvalue weighted by Crippen LogP contribution is 2.27. The second-order valence-electron chi connectivity index (χ2n) is 8.09. The lowest BCUT2D eigenvalue weighted by Gasteiger charge is -2.27. The highest BCUT2D eigenvalue weighted by atomic mass is 16.2. The number of aromatic amines is 1. The quantitative estimate of drug-likeness (QED) is 0.515. The van der Waals surface area contributed by atoms with Crippen molar-refractivity contribution < 1.29 is 4.79 Å². The Balaban J connectivity index is 1.41. The van der Waals surface area contributed by atoms with Crippen LogP contribution in [0.15, 0.2) is 54.7 Å². The van der Waals surface area contributed by atoms with E-state index in [2.05, 4.69) is 21.0 Å². The van der Waals surface area contributed by atoms with E-state index in [0.29, 0.717) is 36.8 Å². The molecule has 2 aromatic heterocycles. The molecule has 0 saturated carbocycles. The maximum Gasteiger partial charge on any atom is 0.254 e. The second kappa shape index (κ2) is 7.92. The molecule has 7 heteroatoms. The van der Waals surface area contributed by atoms with Crippen molar-refractivity contribution in [1.29, 1.82) is 0 Å². The molecular formula is C25H24N6O. The van der Waals surface area contributed by atoms with Crippen LogP contribution in [0, 0.1) is 13.8 Å². The summed E-state index contributed by atoms with van der Waals surface area (Å²) in [5.41, 5.74) is 13.1. The molecule has 1 aliphatic rings. The van der Waals surface area contributed by atoms with Crippen LogP contribution < -0.4 is 5.73 Å². The third-order valence-corrected chi connectivity index (χ3v) is 5.93. The summed E-state index contributed by atoms with van der Waals surface area (Å²) in [6, 6.07) is 13.7. The lowest BCUT2D eigenvalue weighted by molar-refractivity contribution is 0.0771. The molecular weight excluding hydrogens is 400 g/mol. The Hall–Kier alpha value is -4.00. The first-order chi connectivity index (χ1) is 15.5. The van der Waals surface area contributed by atoms with Crippen molar-refractivity contribution in [2.24, 2.45) is 0 Å². The Kier molecular flexibility index (Phi) is 4.93. The van der Waals surface area contributed by atoms with Crippen LogP contribution in [-0.4, -0.2) is 43.8 Å². The topological polar surface area (TPSA) is 101 Å². The van der Waals surface area contributed by atoms with Crippen molar-refractivity contribution in [3.63, 3.8) is 0 Å². The van der Waals surface area contributed by atoms with E-state index in [9.17, 15) is 4.79 Å². The third kappa shape index (κ3) is 3.51. The van der Waals surface area contributed by atoms with E-state index in [-0.39, 0.29) is 5.91 Å². The van der Waals surface area contributed by atoms with Gasteiger partial charge in [-0.3, -0.25) is 4.79 Å². The van der Waals surface area contributed by atoms with Gasteiger partial charge in [-0.25, -0.2) is 15.0 Å². The highest BCUT2D eigenvalue weighted by Gasteiger charge is 2.23. The predicted molar refractivity (Wildman–Crippen MR) is 126 cm³/mol. The maximum atomic E-state index is 13.1. The first-order valence-corrected chi connectivity index (χ1v) is 10.6. The Bertz CT molecular complexity index is 1320. The van der Waals surface area contributed by atoms with Crippen molar-refractivity contribution in [2.45, 2.75) is 20.3 Å². The largest absolute Gasteiger partial charge is 0.382 e. The third-order valence-electron chi connectivity index (χ3n) is 5.93. The van der Waals surface area contributed by atoms with Gasteiger partial charge in [0.2, 0.25) is 0 Å². The summed E-state index contributed by atoms with van der Waals surface area (Å²) in [7, 11) is 0. The molecule has 0 aliphatic carbocycles. The number of anilines is 1. The zero-order chi connectivity index (χ0) is 22.2. The molecule has 0 unspecified atom stereocenters. The number of nitrogen functional groups attached to an aromatic ring is 1. The maximum absolute atomic E-state index is 13.1. The second-order valence-corrected chi connectivity index (χ2v) is 8.09. The minimum atomic E-state index is 0.0715. The number of aryl methyl sites for hydroxylation is 2. The number of carbonyl (C=O) groups excluding carboxylic acids is 1. The van der Waals surface area contributed by atoms with Crippen molar-refractivity contribution in [3.8, 4) is 11.5 Å². The fraction of sp³-hybridized carbons (Fsp3) is 0.200. The summed E-state index contributed by atoms with van der Waals surface area (Å²) in [6.07, 6.45) is 4.45. The summed E-state index contributed by atoms with van der Waals surface area (Å²) in [5.74, 6) is 1.000. The minimum absolute atomic E-state index is 0.0715. The van der Waals surface area contributed by atoms with Gasteiger partial charge in [-0.1, -0.05) is 36.4 Å². The molecule has 7 nitrogen and oxygen atoms in total. The molecule has 5 rings (SSSR count). The molecule has 0 spiro atoms. The zero-order valence-electron chi connectivity index (χ0n) is 18.1. The van der Waals surface area contributed by atoms with Gasteiger partial charge in [0.15, 0.2) is 11.6 Å². The van der Waals surface area contributed by atoms with E-state index in [1.165, 1.54) is 0 Å². The molecule has 2 aromatic carbocycles. The number of rotatable bonds is 3. The first-order valence-electron chi connectivity index (χ1n) is 10.6. The van der Waals surface area contributed by atoms with Crippen LogP contribution in [-0.2, 0) is 0 Å². The number of hydrogen-bond donors (Lipinski definition) is 2. The number of nitrogens with zero attached hydrogens (tertiary/aromatic N) is 4. The normalized spacial score (nSPS) is 13.9. The van der Waals surface area contributed by atoms with Gasteiger partial charge < -0.3 is 15.6 Å². The van der Waals surface area contributed by atoms with E-state index < -0.39 is 0 Å². The van der Waals surface area contributed by atoms with Crippen LogP contribution in [0.1, 0.15) is 33.6 Å². The van der Waals surface area contributed by atoms with Gasteiger partial charge in [0.1, 0.15) is 5.69 Å². The Morgan fingerprint density at radius 1 is 1.06 bits per heavy atom. The Labute approximate surface area is 186 Å². The number of nitrogens with one attached hydrogen (secondary N) is 1. The molecule has 1 amide bonds. The van der Waals surface area contributed by atoms with Gasteiger partial charge in [0.25, 0.3) is 5.91 Å². The molecule has 0 bridgehead atoms.